The maximum atomic E-state index is 13.4. The lowest BCUT2D eigenvalue weighted by Crippen LogP contribution is -2.39. The topological polar surface area (TPSA) is 52.3 Å². The van der Waals surface area contributed by atoms with Gasteiger partial charge < -0.3 is 18.8 Å². The van der Waals surface area contributed by atoms with Crippen molar-refractivity contribution in [1.29, 1.82) is 0 Å². The number of ether oxygens (including phenoxy) is 1. The molecule has 1 aliphatic heterocycles. The highest BCUT2D eigenvalue weighted by Gasteiger charge is 2.25. The summed E-state index contributed by atoms with van der Waals surface area (Å²) in [6.45, 7) is 5.55. The molecule has 0 aliphatic carbocycles. The molecule has 1 fully saturated rings. The molecule has 2 aromatic carbocycles. The normalized spacial score (nSPS) is 15.1. The fraction of sp³-hybridized carbons (Fsp3) is 0.310. The van der Waals surface area contributed by atoms with Crippen molar-refractivity contribution in [2.24, 2.45) is 0 Å². The van der Waals surface area contributed by atoms with Crippen LogP contribution in [-0.2, 0) is 4.79 Å². The van der Waals surface area contributed by atoms with Gasteiger partial charge in [0.1, 0.15) is 5.75 Å². The molecule has 0 N–H and O–H groups in total. The second-order valence-corrected chi connectivity index (χ2v) is 9.18. The van der Waals surface area contributed by atoms with E-state index >= 15 is 0 Å². The second kappa shape index (κ2) is 9.82. The molecule has 1 aliphatic rings. The van der Waals surface area contributed by atoms with Gasteiger partial charge in [-0.15, -0.1) is 0 Å². The van der Waals surface area contributed by atoms with Crippen LogP contribution in [0.2, 0.25) is 0 Å². The summed E-state index contributed by atoms with van der Waals surface area (Å²) in [7, 11) is 1.67. The van der Waals surface area contributed by atoms with Gasteiger partial charge in [0.2, 0.25) is 5.91 Å². The fourth-order valence-corrected chi connectivity index (χ4v) is 5.04. The van der Waals surface area contributed by atoms with Crippen LogP contribution in [0.4, 0.5) is 0 Å². The van der Waals surface area contributed by atoms with Crippen LogP contribution in [0.5, 0.6) is 5.75 Å². The number of carbonyl (C=O) groups excluding carboxylic acids is 1. The van der Waals surface area contributed by atoms with E-state index in [2.05, 4.69) is 46.1 Å². The minimum absolute atomic E-state index is 0.136. The number of methoxy groups -OCH3 is 1. The number of likely N-dealkylation sites (tertiary alicyclic amines) is 1. The number of imidazole rings is 1. The molecule has 6 heteroatoms. The summed E-state index contributed by atoms with van der Waals surface area (Å²) in [5.41, 5.74) is 4.93. The minimum atomic E-state index is 0.136. The zero-order valence-corrected chi connectivity index (χ0v) is 20.6. The SMILES string of the molecule is CC/C(=C\c1ccc(-n2cnc(C)c2)c(OC)c1)C(=O)N1CCC(n2ccc3ccccc32)CC1. The number of amides is 1. The van der Waals surface area contributed by atoms with Crippen molar-refractivity contribution in [1.82, 2.24) is 19.0 Å². The van der Waals surface area contributed by atoms with Crippen molar-refractivity contribution in [3.63, 3.8) is 0 Å². The van der Waals surface area contributed by atoms with Crippen LogP contribution < -0.4 is 4.74 Å². The van der Waals surface area contributed by atoms with E-state index in [0.29, 0.717) is 12.5 Å². The lowest BCUT2D eigenvalue weighted by Gasteiger charge is -2.33. The highest BCUT2D eigenvalue weighted by atomic mass is 16.5. The summed E-state index contributed by atoms with van der Waals surface area (Å²) in [6, 6.07) is 17.1. The Hall–Kier alpha value is -3.80. The molecular formula is C29H32N4O2. The van der Waals surface area contributed by atoms with Crippen LogP contribution in [0.15, 0.2) is 72.8 Å². The summed E-state index contributed by atoms with van der Waals surface area (Å²) < 4.78 is 9.97. The molecule has 6 nitrogen and oxygen atoms in total. The molecule has 180 valence electrons. The molecule has 0 bridgehead atoms. The predicted octanol–water partition coefficient (Wildman–Crippen LogP) is 5.80. The Kier molecular flexibility index (Phi) is 6.45. The molecule has 5 rings (SSSR count). The Morgan fingerprint density at radius 3 is 2.66 bits per heavy atom. The molecule has 0 atom stereocenters. The van der Waals surface area contributed by atoms with E-state index in [1.165, 1.54) is 10.9 Å². The highest BCUT2D eigenvalue weighted by molar-refractivity contribution is 5.98. The maximum absolute atomic E-state index is 13.4. The average molecular weight is 469 g/mol. The Morgan fingerprint density at radius 1 is 1.14 bits per heavy atom. The van der Waals surface area contributed by atoms with E-state index in [4.69, 9.17) is 4.74 Å². The monoisotopic (exact) mass is 468 g/mol. The van der Waals surface area contributed by atoms with Crippen LogP contribution in [0.1, 0.15) is 43.5 Å². The van der Waals surface area contributed by atoms with E-state index in [9.17, 15) is 4.79 Å². The molecular weight excluding hydrogens is 436 g/mol. The van der Waals surface area contributed by atoms with Gasteiger partial charge in [-0.25, -0.2) is 4.98 Å². The number of carbonyl (C=O) groups is 1. The number of rotatable bonds is 6. The van der Waals surface area contributed by atoms with Crippen LogP contribution in [0.25, 0.3) is 22.7 Å². The van der Waals surface area contributed by atoms with Crippen molar-refractivity contribution in [2.75, 3.05) is 20.2 Å². The third kappa shape index (κ3) is 4.61. The van der Waals surface area contributed by atoms with Gasteiger partial charge in [-0.1, -0.05) is 31.2 Å². The number of hydrogen-bond acceptors (Lipinski definition) is 3. The summed E-state index contributed by atoms with van der Waals surface area (Å²) >= 11 is 0. The van der Waals surface area contributed by atoms with E-state index in [0.717, 1.165) is 54.2 Å². The van der Waals surface area contributed by atoms with Gasteiger partial charge in [0.15, 0.2) is 0 Å². The van der Waals surface area contributed by atoms with E-state index < -0.39 is 0 Å². The minimum Gasteiger partial charge on any atom is -0.495 e. The zero-order valence-electron chi connectivity index (χ0n) is 20.6. The number of aromatic nitrogens is 3. The molecule has 1 saturated heterocycles. The van der Waals surface area contributed by atoms with Crippen molar-refractivity contribution >= 4 is 22.9 Å². The molecule has 0 spiro atoms. The first-order valence-electron chi connectivity index (χ1n) is 12.3. The Morgan fingerprint density at radius 2 is 1.94 bits per heavy atom. The number of hydrogen-bond donors (Lipinski definition) is 0. The van der Waals surface area contributed by atoms with Gasteiger partial charge in [-0.05, 0) is 67.5 Å². The first kappa shape index (κ1) is 23.0. The van der Waals surface area contributed by atoms with Gasteiger partial charge >= 0.3 is 0 Å². The number of para-hydroxylation sites is 1. The third-order valence-electron chi connectivity index (χ3n) is 6.96. The van der Waals surface area contributed by atoms with Crippen molar-refractivity contribution in [3.8, 4) is 11.4 Å². The van der Waals surface area contributed by atoms with Gasteiger partial charge in [0.05, 0.1) is 24.8 Å². The van der Waals surface area contributed by atoms with Gasteiger partial charge in [0.25, 0.3) is 0 Å². The number of fused-ring (bicyclic) bond motifs is 1. The number of benzene rings is 2. The molecule has 1 amide bonds. The van der Waals surface area contributed by atoms with Crippen molar-refractivity contribution in [3.05, 3.63) is 84.1 Å². The Balaban J connectivity index is 1.30. The van der Waals surface area contributed by atoms with Crippen LogP contribution >= 0.6 is 0 Å². The number of piperidine rings is 1. The fourth-order valence-electron chi connectivity index (χ4n) is 5.04. The first-order valence-corrected chi connectivity index (χ1v) is 12.3. The summed E-state index contributed by atoms with van der Waals surface area (Å²) in [4.78, 5) is 19.7. The zero-order chi connectivity index (χ0) is 24.4. The Bertz CT molecular complexity index is 1370. The smallest absolute Gasteiger partial charge is 0.249 e. The van der Waals surface area contributed by atoms with Crippen molar-refractivity contribution < 1.29 is 9.53 Å². The molecule has 2 aromatic heterocycles. The third-order valence-corrected chi connectivity index (χ3v) is 6.96. The summed E-state index contributed by atoms with van der Waals surface area (Å²) in [6.07, 6.45) is 10.6. The lowest BCUT2D eigenvalue weighted by molar-refractivity contribution is -0.128. The van der Waals surface area contributed by atoms with Crippen LogP contribution in [0, 0.1) is 6.92 Å². The molecule has 4 aromatic rings. The first-order chi connectivity index (χ1) is 17.1. The van der Waals surface area contributed by atoms with Crippen LogP contribution in [-0.4, -0.2) is 45.1 Å². The highest BCUT2D eigenvalue weighted by Crippen LogP contribution is 2.30. The van der Waals surface area contributed by atoms with E-state index in [1.807, 2.05) is 53.8 Å². The van der Waals surface area contributed by atoms with Crippen molar-refractivity contribution in [2.45, 2.75) is 39.2 Å². The summed E-state index contributed by atoms with van der Waals surface area (Å²) in [5.74, 6) is 0.885. The molecule has 3 heterocycles. The number of nitrogens with zero attached hydrogens (tertiary/aromatic N) is 4. The lowest BCUT2D eigenvalue weighted by atomic mass is 10.0. The quantitative estimate of drug-likeness (QED) is 0.336. The number of aryl methyl sites for hydroxylation is 1. The summed E-state index contributed by atoms with van der Waals surface area (Å²) in [5, 5.41) is 1.27. The predicted molar refractivity (Wildman–Crippen MR) is 140 cm³/mol. The average Bonchev–Trinajstić information content (AvgIpc) is 3.53. The van der Waals surface area contributed by atoms with Gasteiger partial charge in [-0.2, -0.15) is 0 Å². The van der Waals surface area contributed by atoms with Gasteiger partial charge in [-0.3, -0.25) is 4.79 Å². The standard InChI is InChI=1S/C29H32N4O2/c1-4-23(17-22-9-10-27(28(18-22)35-3)32-19-21(2)30-20-32)29(34)31-14-12-25(13-15-31)33-16-11-24-7-5-6-8-26(24)33/h5-11,16-20,25H,4,12-15H2,1-3H3/b23-17+. The maximum Gasteiger partial charge on any atom is 0.249 e. The van der Waals surface area contributed by atoms with Gasteiger partial charge in [0, 0.05) is 42.6 Å². The van der Waals surface area contributed by atoms with E-state index in [-0.39, 0.29) is 5.91 Å². The molecule has 35 heavy (non-hydrogen) atoms. The Labute approximate surface area is 206 Å². The largest absolute Gasteiger partial charge is 0.495 e. The molecule has 0 saturated carbocycles. The second-order valence-electron chi connectivity index (χ2n) is 9.18. The van der Waals surface area contributed by atoms with Crippen LogP contribution in [0.3, 0.4) is 0 Å². The molecule has 0 radical (unpaired) electrons. The molecule has 0 unspecified atom stereocenters. The van der Waals surface area contributed by atoms with E-state index in [1.54, 1.807) is 13.4 Å².